The summed E-state index contributed by atoms with van der Waals surface area (Å²) in [5, 5.41) is 12.3. The largest absolute Gasteiger partial charge is 0.493 e. The quantitative estimate of drug-likeness (QED) is 0.156. The van der Waals surface area contributed by atoms with Gasteiger partial charge in [0.2, 0.25) is 11.8 Å². The minimum atomic E-state index is -2.11. The van der Waals surface area contributed by atoms with E-state index in [9.17, 15) is 13.6 Å². The van der Waals surface area contributed by atoms with Gasteiger partial charge in [-0.2, -0.15) is 0 Å². The third-order valence-electron chi connectivity index (χ3n) is 10.2. The van der Waals surface area contributed by atoms with Gasteiger partial charge in [-0.25, -0.2) is 22.5 Å². The Labute approximate surface area is 298 Å². The molecule has 9 nitrogen and oxygen atoms in total. The van der Waals surface area contributed by atoms with Crippen LogP contribution in [0.15, 0.2) is 59.1 Å². The second-order valence-electron chi connectivity index (χ2n) is 13.2. The zero-order valence-corrected chi connectivity index (χ0v) is 28.7. The molecule has 0 radical (unpaired) electrons. The predicted molar refractivity (Wildman–Crippen MR) is 186 cm³/mol. The molecular weight excluding hydrogens is 697 g/mol. The van der Waals surface area contributed by atoms with E-state index in [4.69, 9.17) is 14.1 Å². The molecule has 0 spiro atoms. The van der Waals surface area contributed by atoms with E-state index in [2.05, 4.69) is 20.5 Å². The molecule has 6 heterocycles. The number of halogens is 4. The van der Waals surface area contributed by atoms with E-state index >= 15 is 8.78 Å². The zero-order valence-electron chi connectivity index (χ0n) is 27.9. The van der Waals surface area contributed by atoms with Crippen LogP contribution in [0.2, 0.25) is 0 Å². The Morgan fingerprint density at radius 2 is 1.87 bits per heavy atom. The Kier molecular flexibility index (Phi) is 7.75. The van der Waals surface area contributed by atoms with Crippen LogP contribution in [-0.4, -0.2) is 50.8 Å². The van der Waals surface area contributed by atoms with Gasteiger partial charge in [-0.1, -0.05) is 18.2 Å². The summed E-state index contributed by atoms with van der Waals surface area (Å²) in [6, 6.07) is 11.2. The molecule has 264 valence electrons. The number of ether oxygens (including phenoxy) is 1. The highest BCUT2D eigenvalue weighted by Crippen LogP contribution is 2.52. The van der Waals surface area contributed by atoms with Crippen molar-refractivity contribution >= 4 is 33.1 Å². The first kappa shape index (κ1) is 32.5. The smallest absolute Gasteiger partial charge is 0.257 e. The number of fused-ring (bicyclic) bond motifs is 5. The van der Waals surface area contributed by atoms with E-state index in [1.54, 1.807) is 31.3 Å². The minimum absolute atomic E-state index is 0.130. The summed E-state index contributed by atoms with van der Waals surface area (Å²) in [6.07, 6.45) is 0.0502. The maximum Gasteiger partial charge on any atom is 0.257 e. The Morgan fingerprint density at radius 3 is 2.63 bits per heavy atom. The van der Waals surface area contributed by atoms with Crippen LogP contribution >= 0.6 is 11.3 Å². The molecule has 6 aromatic rings. The highest BCUT2D eigenvalue weighted by atomic mass is 32.1. The summed E-state index contributed by atoms with van der Waals surface area (Å²) in [6.45, 7) is 2.30. The number of hydrogen-bond donors (Lipinski definition) is 1. The molecule has 14 heteroatoms. The van der Waals surface area contributed by atoms with Crippen molar-refractivity contribution in [3.63, 3.8) is 0 Å². The number of nitrogens with zero attached hydrogens (tertiary/aromatic N) is 5. The van der Waals surface area contributed by atoms with Crippen LogP contribution in [0.25, 0.3) is 32.0 Å². The number of alkyl halides is 2. The van der Waals surface area contributed by atoms with Crippen molar-refractivity contribution in [3.05, 3.63) is 106 Å². The zero-order chi connectivity index (χ0) is 35.8. The van der Waals surface area contributed by atoms with Gasteiger partial charge < -0.3 is 19.4 Å². The molecule has 1 N–H and O–H groups in total. The maximum atomic E-state index is 15.7. The number of hydrogen-bond acceptors (Lipinski definition) is 9. The van der Waals surface area contributed by atoms with Crippen molar-refractivity contribution in [1.82, 2.24) is 25.1 Å². The highest BCUT2D eigenvalue weighted by Gasteiger charge is 2.46. The number of anilines is 1. The second-order valence-corrected chi connectivity index (χ2v) is 14.3. The Balaban J connectivity index is 1.20. The summed E-state index contributed by atoms with van der Waals surface area (Å²) in [7, 11) is 1.22. The van der Waals surface area contributed by atoms with Crippen molar-refractivity contribution in [3.8, 4) is 27.6 Å². The van der Waals surface area contributed by atoms with Gasteiger partial charge in [0.25, 0.3) is 5.91 Å². The third kappa shape index (κ3) is 5.06. The number of rotatable bonds is 8. The number of carbonyl (C=O) groups excluding carboxylic acids is 1. The van der Waals surface area contributed by atoms with Crippen molar-refractivity contribution in [2.24, 2.45) is 0 Å². The SMILES string of the molecule is COc1c(F)ccc2c1[C@H](F)[C@H](F)[C@H]2Nc1nccc2cc(-c3c4c(nc(CCc5ccc(F)cc5)c3-c3nnc(C)o3)C3CCCN3C4=O)sc12. The predicted octanol–water partition coefficient (Wildman–Crippen LogP) is 8.59. The van der Waals surface area contributed by atoms with Gasteiger partial charge in [0.15, 0.2) is 23.9 Å². The topological polar surface area (TPSA) is 106 Å². The lowest BCUT2D eigenvalue weighted by molar-refractivity contribution is 0.0776. The molecule has 0 bridgehead atoms. The standard InChI is InChI=1S/C38H30F4N6O3S/c1-17-46-47-37(51-17)27-23(12-7-18-5-8-20(39)9-6-18)44-33-24-4-3-15-48(24)38(49)29(33)28(27)25-16-19-13-14-43-36(35(19)52-25)45-32-21-10-11-22(40)34(50-2)26(21)30(41)31(32)42/h5-6,8-11,13-14,16,24,30-32H,3-4,7,12,15H2,1-2H3,(H,43,45)/t24?,30-,31-,32-/m0/s1. The number of aryl methyl sites for hydroxylation is 3. The summed E-state index contributed by atoms with van der Waals surface area (Å²) >= 11 is 1.33. The molecule has 2 aliphatic heterocycles. The molecule has 4 aromatic heterocycles. The van der Waals surface area contributed by atoms with Gasteiger partial charge >= 0.3 is 0 Å². The fourth-order valence-electron chi connectivity index (χ4n) is 7.87. The molecule has 1 aliphatic carbocycles. The summed E-state index contributed by atoms with van der Waals surface area (Å²) in [4.78, 5) is 26.4. The molecule has 1 fully saturated rings. The van der Waals surface area contributed by atoms with E-state index in [0.717, 1.165) is 29.9 Å². The normalized spacial score (nSPS) is 20.4. The number of benzene rings is 2. The van der Waals surface area contributed by atoms with Crippen LogP contribution in [0.1, 0.15) is 75.4 Å². The molecule has 4 atom stereocenters. The minimum Gasteiger partial charge on any atom is -0.493 e. The third-order valence-corrected chi connectivity index (χ3v) is 11.4. The van der Waals surface area contributed by atoms with Gasteiger partial charge in [-0.15, -0.1) is 21.5 Å². The number of amides is 1. The number of pyridine rings is 2. The summed E-state index contributed by atoms with van der Waals surface area (Å²) < 4.78 is 71.0. The summed E-state index contributed by atoms with van der Waals surface area (Å²) in [5.41, 5.74) is 3.96. The van der Waals surface area contributed by atoms with E-state index in [1.807, 2.05) is 11.0 Å². The van der Waals surface area contributed by atoms with Crippen LogP contribution in [0.5, 0.6) is 5.75 Å². The fraction of sp³-hybridized carbons (Fsp3) is 0.289. The first-order valence-electron chi connectivity index (χ1n) is 16.9. The molecule has 0 saturated carbocycles. The van der Waals surface area contributed by atoms with Crippen molar-refractivity contribution < 1.29 is 31.5 Å². The molecule has 2 aromatic carbocycles. The number of carbonyl (C=O) groups is 1. The monoisotopic (exact) mass is 726 g/mol. The number of methoxy groups -OCH3 is 1. The molecule has 1 saturated heterocycles. The van der Waals surface area contributed by atoms with Crippen LogP contribution < -0.4 is 10.1 Å². The molecule has 9 rings (SSSR count). The maximum absolute atomic E-state index is 15.7. The first-order valence-corrected chi connectivity index (χ1v) is 17.8. The lowest BCUT2D eigenvalue weighted by Gasteiger charge is -2.18. The van der Waals surface area contributed by atoms with Gasteiger partial charge in [-0.3, -0.25) is 9.78 Å². The fourth-order valence-corrected chi connectivity index (χ4v) is 9.03. The number of nitrogens with one attached hydrogen (secondary N) is 1. The molecular formula is C38H30F4N6O3S. The number of thiophene rings is 1. The van der Waals surface area contributed by atoms with Crippen molar-refractivity contribution in [2.45, 2.75) is 57.0 Å². The molecule has 52 heavy (non-hydrogen) atoms. The van der Waals surface area contributed by atoms with E-state index in [-0.39, 0.29) is 40.5 Å². The Morgan fingerprint density at radius 1 is 1.04 bits per heavy atom. The Hall–Kier alpha value is -5.37. The molecule has 3 aliphatic rings. The van der Waals surface area contributed by atoms with Gasteiger partial charge in [0.05, 0.1) is 46.4 Å². The summed E-state index contributed by atoms with van der Waals surface area (Å²) in [5.74, 6) is -0.701. The van der Waals surface area contributed by atoms with E-state index in [0.29, 0.717) is 68.8 Å². The highest BCUT2D eigenvalue weighted by molar-refractivity contribution is 7.23. The molecule has 1 amide bonds. The average Bonchev–Trinajstić information content (AvgIpc) is 3.97. The molecule has 1 unspecified atom stereocenters. The number of aromatic nitrogens is 4. The van der Waals surface area contributed by atoms with Gasteiger partial charge in [0.1, 0.15) is 11.6 Å². The van der Waals surface area contributed by atoms with Crippen molar-refractivity contribution in [1.29, 1.82) is 0 Å². The van der Waals surface area contributed by atoms with Gasteiger partial charge in [-0.05, 0) is 72.5 Å². The van der Waals surface area contributed by atoms with E-state index in [1.165, 1.54) is 36.6 Å². The average molecular weight is 727 g/mol. The first-order chi connectivity index (χ1) is 25.2. The van der Waals surface area contributed by atoms with Gasteiger partial charge in [0, 0.05) is 35.7 Å². The van der Waals surface area contributed by atoms with Crippen LogP contribution in [0.3, 0.4) is 0 Å². The van der Waals surface area contributed by atoms with E-state index < -0.39 is 24.2 Å². The van der Waals surface area contributed by atoms with Crippen LogP contribution in [0, 0.1) is 18.6 Å². The lowest BCUT2D eigenvalue weighted by Crippen LogP contribution is -2.22. The lowest BCUT2D eigenvalue weighted by atomic mass is 9.93. The second kappa shape index (κ2) is 12.4. The van der Waals surface area contributed by atoms with Crippen LogP contribution in [0.4, 0.5) is 23.4 Å². The van der Waals surface area contributed by atoms with Crippen LogP contribution in [-0.2, 0) is 12.8 Å². The van der Waals surface area contributed by atoms with Crippen molar-refractivity contribution in [2.75, 3.05) is 19.0 Å². The Bertz CT molecular complexity index is 2400.